The monoisotopic (exact) mass is 236 g/mol. The molecule has 1 rings (SSSR count). The Bertz CT molecular complexity index is 381. The van der Waals surface area contributed by atoms with Crippen molar-refractivity contribution in [3.05, 3.63) is 23.3 Å². The van der Waals surface area contributed by atoms with Gasteiger partial charge in [0.15, 0.2) is 0 Å². The Morgan fingerprint density at radius 3 is 2.00 bits per heavy atom. The fraction of sp³-hybridized carbons (Fsp3) is 0.300. The van der Waals surface area contributed by atoms with Gasteiger partial charge in [0.2, 0.25) is 0 Å². The molecule has 90 valence electrons. The maximum atomic E-state index is 11.2. The highest BCUT2D eigenvalue weighted by molar-refractivity contribution is 6.55. The molecule has 2 N–H and O–H groups in total. The van der Waals surface area contributed by atoms with E-state index in [0.29, 0.717) is 16.5 Å². The van der Waals surface area contributed by atoms with E-state index in [1.165, 1.54) is 14.2 Å². The number of carbonyl (C=O) groups is 1. The van der Waals surface area contributed by atoms with Gasteiger partial charge >= 0.3 is 20.9 Å². The first-order chi connectivity index (χ1) is 8.13. The van der Waals surface area contributed by atoms with Gasteiger partial charge in [0.1, 0.15) is 0 Å². The molecule has 1 aromatic rings. The first-order valence-corrected chi connectivity index (χ1v) is 5.10. The van der Waals surface area contributed by atoms with Crippen molar-refractivity contribution < 1.29 is 24.3 Å². The van der Waals surface area contributed by atoms with Gasteiger partial charge in [-0.3, -0.25) is 0 Å². The fourth-order valence-electron chi connectivity index (χ4n) is 1.74. The normalized spacial score (nSPS) is 10.1. The van der Waals surface area contributed by atoms with Crippen LogP contribution < -0.4 is 10.9 Å². The van der Waals surface area contributed by atoms with Gasteiger partial charge in [-0.2, -0.15) is 0 Å². The van der Waals surface area contributed by atoms with Crippen molar-refractivity contribution in [2.75, 3.05) is 14.2 Å². The lowest BCUT2D eigenvalue weighted by atomic mass is 9.73. The maximum Gasteiger partial charge on any atom is 0.334 e. The van der Waals surface area contributed by atoms with Crippen molar-refractivity contribution in [2.45, 2.75) is 6.61 Å². The van der Waals surface area contributed by atoms with E-state index in [2.05, 4.69) is 0 Å². The molecule has 0 atom stereocenters. The number of carboxylic acid groups (broad SMARTS) is 1. The van der Waals surface area contributed by atoms with E-state index in [1.54, 1.807) is 12.1 Å². The van der Waals surface area contributed by atoms with Crippen LogP contribution in [0, 0.1) is 0 Å². The van der Waals surface area contributed by atoms with Gasteiger partial charge in [-0.1, -0.05) is 12.1 Å². The molecule has 0 fully saturated rings. The van der Waals surface area contributed by atoms with Crippen LogP contribution in [0.3, 0.4) is 0 Å². The molecule has 0 aliphatic heterocycles. The molecular weight excluding hydrogens is 222 g/mol. The number of aromatic carboxylic acids is 1. The van der Waals surface area contributed by atoms with Crippen molar-refractivity contribution in [1.82, 2.24) is 0 Å². The van der Waals surface area contributed by atoms with Gasteiger partial charge in [0, 0.05) is 14.2 Å². The van der Waals surface area contributed by atoms with Crippen molar-refractivity contribution in [3.63, 3.8) is 0 Å². The Balaban J connectivity index is 3.32. The van der Waals surface area contributed by atoms with Crippen LogP contribution >= 0.6 is 0 Å². The van der Waals surface area contributed by atoms with Crippen LogP contribution in [-0.2, 0) is 15.9 Å². The molecule has 1 aromatic carbocycles. The van der Waals surface area contributed by atoms with Crippen molar-refractivity contribution in [3.8, 4) is 0 Å². The van der Waals surface area contributed by atoms with Gasteiger partial charge in [-0.15, -0.1) is 0 Å². The van der Waals surface area contributed by atoms with E-state index < -0.39 is 5.97 Å². The first-order valence-electron chi connectivity index (χ1n) is 5.10. The van der Waals surface area contributed by atoms with Crippen LogP contribution in [0.4, 0.5) is 0 Å². The highest BCUT2D eigenvalue weighted by Gasteiger charge is 2.18. The van der Waals surface area contributed by atoms with Crippen LogP contribution in [0.15, 0.2) is 12.1 Å². The van der Waals surface area contributed by atoms with Gasteiger partial charge in [0.05, 0.1) is 12.2 Å². The Kier molecular flexibility index (Phi) is 5.21. The number of hydrogen-bond donors (Lipinski definition) is 2. The van der Waals surface area contributed by atoms with Crippen molar-refractivity contribution in [1.29, 1.82) is 0 Å². The summed E-state index contributed by atoms with van der Waals surface area (Å²) in [6.07, 6.45) is 0. The van der Waals surface area contributed by atoms with E-state index in [9.17, 15) is 9.90 Å². The van der Waals surface area contributed by atoms with Gasteiger partial charge < -0.3 is 19.5 Å². The Morgan fingerprint density at radius 1 is 1.24 bits per heavy atom. The third-order valence-electron chi connectivity index (χ3n) is 2.36. The zero-order valence-electron chi connectivity index (χ0n) is 9.90. The predicted molar refractivity (Wildman–Crippen MR) is 66.9 cm³/mol. The van der Waals surface area contributed by atoms with E-state index in [1.807, 2.05) is 0 Å². The molecule has 0 radical (unpaired) electrons. The van der Waals surface area contributed by atoms with Crippen LogP contribution in [-0.4, -0.2) is 45.4 Å². The summed E-state index contributed by atoms with van der Waals surface area (Å²) in [6, 6.07) is 3.26. The maximum absolute atomic E-state index is 11.2. The minimum atomic E-state index is -1.02. The zero-order chi connectivity index (χ0) is 12.8. The molecule has 0 unspecified atom stereocenters. The molecule has 0 bridgehead atoms. The second-order valence-electron chi connectivity index (χ2n) is 3.62. The van der Waals surface area contributed by atoms with E-state index in [-0.39, 0.29) is 27.1 Å². The number of hydrogen-bond acceptors (Lipinski definition) is 4. The number of aliphatic hydroxyl groups is 1. The third-order valence-corrected chi connectivity index (χ3v) is 2.36. The Morgan fingerprint density at radius 2 is 1.71 bits per heavy atom. The molecule has 0 aliphatic rings. The highest BCUT2D eigenvalue weighted by Crippen LogP contribution is 2.00. The Hall–Kier alpha value is -1.30. The smallest absolute Gasteiger partial charge is 0.334 e. The summed E-state index contributed by atoms with van der Waals surface area (Å²) in [5, 5.41) is 18.3. The van der Waals surface area contributed by atoms with Gasteiger partial charge in [-0.25, -0.2) is 4.79 Å². The van der Waals surface area contributed by atoms with Crippen LogP contribution in [0.25, 0.3) is 0 Å². The number of aliphatic hydroxyl groups excluding tert-OH is 1. The SMILES string of the molecule is COBc1cc(CO)cc(BOC)c1C(=O)O. The summed E-state index contributed by atoms with van der Waals surface area (Å²) in [5.41, 5.74) is 1.91. The number of rotatable bonds is 6. The van der Waals surface area contributed by atoms with Crippen molar-refractivity contribution >= 4 is 31.9 Å². The summed E-state index contributed by atoms with van der Waals surface area (Å²) < 4.78 is 9.93. The largest absolute Gasteiger partial charge is 0.478 e. The second kappa shape index (κ2) is 6.44. The molecule has 0 aliphatic carbocycles. The fourth-order valence-corrected chi connectivity index (χ4v) is 1.74. The van der Waals surface area contributed by atoms with Crippen molar-refractivity contribution in [2.24, 2.45) is 0 Å². The first kappa shape index (κ1) is 13.8. The number of carboxylic acids is 1. The summed E-state index contributed by atoms with van der Waals surface area (Å²) in [6.45, 7) is -0.146. The Labute approximate surface area is 101 Å². The number of benzene rings is 1. The van der Waals surface area contributed by atoms with E-state index in [4.69, 9.17) is 14.4 Å². The molecule has 17 heavy (non-hydrogen) atoms. The molecule has 0 saturated carbocycles. The van der Waals surface area contributed by atoms with Gasteiger partial charge in [0.25, 0.3) is 0 Å². The summed E-state index contributed by atoms with van der Waals surface area (Å²) in [5.74, 6) is -1.02. The minimum absolute atomic E-state index is 0.146. The zero-order valence-corrected chi connectivity index (χ0v) is 9.90. The molecule has 0 amide bonds. The molecule has 0 aromatic heterocycles. The lowest BCUT2D eigenvalue weighted by Gasteiger charge is -2.11. The molecule has 0 spiro atoms. The predicted octanol–water partition coefficient (Wildman–Crippen LogP) is -1.88. The van der Waals surface area contributed by atoms with Crippen LogP contribution in [0.1, 0.15) is 15.9 Å². The van der Waals surface area contributed by atoms with E-state index in [0.717, 1.165) is 0 Å². The topological polar surface area (TPSA) is 76.0 Å². The molecule has 5 nitrogen and oxygen atoms in total. The summed E-state index contributed by atoms with van der Waals surface area (Å²) in [7, 11) is 3.36. The van der Waals surface area contributed by atoms with Gasteiger partial charge in [-0.05, 0) is 16.5 Å². The molecule has 7 heteroatoms. The average molecular weight is 236 g/mol. The van der Waals surface area contributed by atoms with Crippen LogP contribution in [0.2, 0.25) is 0 Å². The molecule has 0 saturated heterocycles. The quantitative estimate of drug-likeness (QED) is 0.565. The highest BCUT2D eigenvalue weighted by atomic mass is 16.4. The lowest BCUT2D eigenvalue weighted by Crippen LogP contribution is -2.36. The standard InChI is InChI=1S/C10H14B2O5/c1-16-11-7-3-6(5-13)4-8(12-17-2)9(7)10(14)15/h3-4,11-13H,5H2,1-2H3,(H,14,15). The summed E-state index contributed by atoms with van der Waals surface area (Å²) >= 11 is 0. The second-order valence-corrected chi connectivity index (χ2v) is 3.62. The summed E-state index contributed by atoms with van der Waals surface area (Å²) in [4.78, 5) is 11.2. The lowest BCUT2D eigenvalue weighted by molar-refractivity contribution is 0.0699. The molecular formula is C10H14B2O5. The van der Waals surface area contributed by atoms with Crippen LogP contribution in [0.5, 0.6) is 0 Å². The third kappa shape index (κ3) is 3.33. The van der Waals surface area contributed by atoms with E-state index >= 15 is 0 Å². The molecule has 0 heterocycles. The average Bonchev–Trinajstić information content (AvgIpc) is 2.28. The minimum Gasteiger partial charge on any atom is -0.478 e.